The molecule has 0 radical (unpaired) electrons. The number of piperidine rings is 1. The van der Waals surface area contributed by atoms with E-state index in [0.29, 0.717) is 0 Å². The molecular formula is C12H24N4. The van der Waals surface area contributed by atoms with E-state index >= 15 is 0 Å². The molecule has 2 aliphatic rings. The third kappa shape index (κ3) is 3.46. The van der Waals surface area contributed by atoms with Crippen LogP contribution < -0.4 is 5.32 Å². The number of aliphatic imine (C=N–C) groups is 1. The molecule has 0 aromatic heterocycles. The van der Waals surface area contributed by atoms with Crippen LogP contribution in [0.25, 0.3) is 0 Å². The number of likely N-dealkylation sites (tertiary alicyclic amines) is 1. The first-order valence-corrected chi connectivity index (χ1v) is 6.48. The van der Waals surface area contributed by atoms with Gasteiger partial charge in [0.25, 0.3) is 0 Å². The van der Waals surface area contributed by atoms with Crippen molar-refractivity contribution in [2.24, 2.45) is 10.9 Å². The van der Waals surface area contributed by atoms with E-state index in [-0.39, 0.29) is 0 Å². The molecule has 0 aromatic rings. The molecule has 4 heteroatoms. The first kappa shape index (κ1) is 11.9. The minimum absolute atomic E-state index is 0.902. The van der Waals surface area contributed by atoms with Crippen molar-refractivity contribution in [1.29, 1.82) is 0 Å². The van der Waals surface area contributed by atoms with Crippen molar-refractivity contribution >= 4 is 6.34 Å². The van der Waals surface area contributed by atoms with Crippen molar-refractivity contribution < 1.29 is 0 Å². The van der Waals surface area contributed by atoms with Gasteiger partial charge in [0.15, 0.2) is 0 Å². The second-order valence-corrected chi connectivity index (χ2v) is 4.90. The van der Waals surface area contributed by atoms with Crippen LogP contribution in [0, 0.1) is 5.92 Å². The van der Waals surface area contributed by atoms with Gasteiger partial charge in [-0.2, -0.15) is 0 Å². The number of piperazine rings is 1. The summed E-state index contributed by atoms with van der Waals surface area (Å²) in [5.41, 5.74) is 0. The van der Waals surface area contributed by atoms with E-state index in [2.05, 4.69) is 20.1 Å². The van der Waals surface area contributed by atoms with Crippen LogP contribution in [0.1, 0.15) is 12.8 Å². The molecule has 2 saturated heterocycles. The van der Waals surface area contributed by atoms with E-state index in [4.69, 9.17) is 0 Å². The topological polar surface area (TPSA) is 30.9 Å². The molecule has 0 amide bonds. The number of hydrogen-bond donors (Lipinski definition) is 1. The maximum Gasteiger partial charge on any atom is 0.0846 e. The molecule has 0 atom stereocenters. The number of nitrogens with one attached hydrogen (secondary N) is 1. The second-order valence-electron chi connectivity index (χ2n) is 4.90. The summed E-state index contributed by atoms with van der Waals surface area (Å²) in [7, 11) is 1.85. The molecule has 92 valence electrons. The summed E-state index contributed by atoms with van der Waals surface area (Å²) in [4.78, 5) is 9.04. The van der Waals surface area contributed by atoms with Crippen LogP contribution in [0.5, 0.6) is 0 Å². The summed E-state index contributed by atoms with van der Waals surface area (Å²) in [6, 6.07) is 0. The average molecular weight is 224 g/mol. The van der Waals surface area contributed by atoms with E-state index in [0.717, 1.165) is 5.92 Å². The molecule has 1 N–H and O–H groups in total. The summed E-state index contributed by atoms with van der Waals surface area (Å²) in [6.45, 7) is 8.48. The van der Waals surface area contributed by atoms with Gasteiger partial charge in [0.1, 0.15) is 0 Å². The zero-order chi connectivity index (χ0) is 11.2. The standard InChI is InChI=1S/C12H24N4/c1-13-11-16-6-2-12(3-7-16)10-15-8-4-14-5-9-15/h11-12,14H,2-10H2,1H3. The number of nitrogens with zero attached hydrogens (tertiary/aromatic N) is 3. The molecule has 0 aromatic carbocycles. The smallest absolute Gasteiger partial charge is 0.0846 e. The fourth-order valence-corrected chi connectivity index (χ4v) is 2.67. The van der Waals surface area contributed by atoms with Gasteiger partial charge in [-0.05, 0) is 18.8 Å². The van der Waals surface area contributed by atoms with E-state index in [9.17, 15) is 0 Å². The highest BCUT2D eigenvalue weighted by molar-refractivity contribution is 5.54. The zero-order valence-corrected chi connectivity index (χ0v) is 10.4. The van der Waals surface area contributed by atoms with Gasteiger partial charge in [-0.15, -0.1) is 0 Å². The normalized spacial score (nSPS) is 25.4. The zero-order valence-electron chi connectivity index (χ0n) is 10.4. The van der Waals surface area contributed by atoms with Crippen molar-refractivity contribution in [2.45, 2.75) is 12.8 Å². The van der Waals surface area contributed by atoms with Gasteiger partial charge in [-0.25, -0.2) is 0 Å². The lowest BCUT2D eigenvalue weighted by Gasteiger charge is -2.35. The van der Waals surface area contributed by atoms with Crippen molar-refractivity contribution in [3.8, 4) is 0 Å². The SMILES string of the molecule is CN=CN1CCC(CN2CCNCC2)CC1. The third-order valence-corrected chi connectivity index (χ3v) is 3.65. The first-order chi connectivity index (χ1) is 7.88. The lowest BCUT2D eigenvalue weighted by atomic mass is 9.96. The van der Waals surface area contributed by atoms with E-state index in [1.807, 2.05) is 13.4 Å². The monoisotopic (exact) mass is 224 g/mol. The summed E-state index contributed by atoms with van der Waals surface area (Å²) >= 11 is 0. The Balaban J connectivity index is 1.68. The molecule has 2 fully saturated rings. The van der Waals surface area contributed by atoms with Crippen molar-refractivity contribution in [2.75, 3.05) is 52.9 Å². The first-order valence-electron chi connectivity index (χ1n) is 6.48. The Morgan fingerprint density at radius 1 is 1.19 bits per heavy atom. The van der Waals surface area contributed by atoms with Gasteiger partial charge in [0, 0.05) is 52.9 Å². The minimum atomic E-state index is 0.902. The Kier molecular flexibility index (Phi) is 4.60. The molecule has 16 heavy (non-hydrogen) atoms. The predicted molar refractivity (Wildman–Crippen MR) is 68.0 cm³/mol. The minimum Gasteiger partial charge on any atom is -0.363 e. The Morgan fingerprint density at radius 3 is 2.50 bits per heavy atom. The van der Waals surface area contributed by atoms with E-state index in [1.54, 1.807) is 0 Å². The second kappa shape index (κ2) is 6.21. The van der Waals surface area contributed by atoms with Crippen LogP contribution in [-0.4, -0.2) is 69.0 Å². The summed E-state index contributed by atoms with van der Waals surface area (Å²) in [5.74, 6) is 0.902. The maximum absolute atomic E-state index is 4.08. The Hall–Kier alpha value is -0.610. The summed E-state index contributed by atoms with van der Waals surface area (Å²) < 4.78 is 0. The number of rotatable bonds is 3. The highest BCUT2D eigenvalue weighted by atomic mass is 15.2. The Bertz CT molecular complexity index is 215. The molecule has 2 aliphatic heterocycles. The highest BCUT2D eigenvalue weighted by Crippen LogP contribution is 2.17. The highest BCUT2D eigenvalue weighted by Gasteiger charge is 2.20. The van der Waals surface area contributed by atoms with Crippen molar-refractivity contribution in [3.63, 3.8) is 0 Å². The Labute approximate surface area is 98.7 Å². The van der Waals surface area contributed by atoms with Crippen molar-refractivity contribution in [1.82, 2.24) is 15.1 Å². The summed E-state index contributed by atoms with van der Waals surface area (Å²) in [5, 5.41) is 3.41. The molecule has 0 bridgehead atoms. The quantitative estimate of drug-likeness (QED) is 0.551. The molecule has 4 nitrogen and oxygen atoms in total. The van der Waals surface area contributed by atoms with Gasteiger partial charge in [-0.1, -0.05) is 0 Å². The largest absolute Gasteiger partial charge is 0.363 e. The molecule has 2 rings (SSSR count). The van der Waals surface area contributed by atoms with Crippen LogP contribution in [-0.2, 0) is 0 Å². The van der Waals surface area contributed by atoms with Crippen LogP contribution in [0.15, 0.2) is 4.99 Å². The van der Waals surface area contributed by atoms with Crippen LogP contribution in [0.2, 0.25) is 0 Å². The summed E-state index contributed by atoms with van der Waals surface area (Å²) in [6.07, 6.45) is 4.65. The molecule has 0 unspecified atom stereocenters. The molecule has 0 aliphatic carbocycles. The maximum atomic E-state index is 4.08. The Morgan fingerprint density at radius 2 is 1.88 bits per heavy atom. The molecular weight excluding hydrogens is 200 g/mol. The fourth-order valence-electron chi connectivity index (χ4n) is 2.67. The van der Waals surface area contributed by atoms with Crippen LogP contribution in [0.3, 0.4) is 0 Å². The van der Waals surface area contributed by atoms with Crippen molar-refractivity contribution in [3.05, 3.63) is 0 Å². The van der Waals surface area contributed by atoms with Gasteiger partial charge in [0.05, 0.1) is 6.34 Å². The van der Waals surface area contributed by atoms with Gasteiger partial charge < -0.3 is 15.1 Å². The lowest BCUT2D eigenvalue weighted by Crippen LogP contribution is -2.46. The lowest BCUT2D eigenvalue weighted by molar-refractivity contribution is 0.166. The fraction of sp³-hybridized carbons (Fsp3) is 0.917. The average Bonchev–Trinajstić information content (AvgIpc) is 2.33. The molecule has 0 spiro atoms. The predicted octanol–water partition coefficient (Wildman–Crippen LogP) is 0.262. The van der Waals surface area contributed by atoms with Crippen LogP contribution >= 0.6 is 0 Å². The number of hydrogen-bond acceptors (Lipinski definition) is 3. The van der Waals surface area contributed by atoms with Crippen LogP contribution in [0.4, 0.5) is 0 Å². The third-order valence-electron chi connectivity index (χ3n) is 3.65. The van der Waals surface area contributed by atoms with E-state index < -0.39 is 0 Å². The van der Waals surface area contributed by atoms with Gasteiger partial charge >= 0.3 is 0 Å². The van der Waals surface area contributed by atoms with Gasteiger partial charge in [-0.3, -0.25) is 4.99 Å². The molecule has 0 saturated carbocycles. The van der Waals surface area contributed by atoms with Gasteiger partial charge in [0.2, 0.25) is 0 Å². The van der Waals surface area contributed by atoms with E-state index in [1.165, 1.54) is 58.7 Å². The molecule has 2 heterocycles.